The predicted molar refractivity (Wildman–Crippen MR) is 54.7 cm³/mol. The second kappa shape index (κ2) is 5.11. The van der Waals surface area contributed by atoms with Crippen molar-refractivity contribution >= 4 is 5.78 Å². The standard InChI is InChI=1S/C11H18N2O/c1-9(8-12)13-6-4-3-5-11(13)7-10(2)14/h9,11H,3-7H2,1-2H3. The number of piperidine rings is 1. The van der Waals surface area contributed by atoms with E-state index in [1.54, 1.807) is 6.92 Å². The van der Waals surface area contributed by atoms with Gasteiger partial charge in [-0.05, 0) is 33.2 Å². The van der Waals surface area contributed by atoms with Crippen LogP contribution in [0.3, 0.4) is 0 Å². The zero-order chi connectivity index (χ0) is 10.6. The minimum absolute atomic E-state index is 0.0559. The van der Waals surface area contributed by atoms with E-state index in [9.17, 15) is 4.79 Å². The molecule has 1 saturated heterocycles. The summed E-state index contributed by atoms with van der Waals surface area (Å²) in [5, 5.41) is 8.86. The van der Waals surface area contributed by atoms with Gasteiger partial charge in [0.2, 0.25) is 0 Å². The molecular weight excluding hydrogens is 176 g/mol. The molecular formula is C11H18N2O. The third-order valence-corrected chi connectivity index (χ3v) is 2.88. The van der Waals surface area contributed by atoms with Crippen LogP contribution in [0.25, 0.3) is 0 Å². The van der Waals surface area contributed by atoms with Crippen LogP contribution in [0, 0.1) is 11.3 Å². The van der Waals surface area contributed by atoms with Crippen LogP contribution in [0.2, 0.25) is 0 Å². The molecule has 1 fully saturated rings. The first-order valence-corrected chi connectivity index (χ1v) is 5.30. The Morgan fingerprint density at radius 1 is 1.64 bits per heavy atom. The first kappa shape index (κ1) is 11.2. The van der Waals surface area contributed by atoms with Crippen molar-refractivity contribution in [1.82, 2.24) is 4.90 Å². The van der Waals surface area contributed by atoms with Crippen molar-refractivity contribution in [2.75, 3.05) is 6.54 Å². The van der Waals surface area contributed by atoms with Gasteiger partial charge in [0, 0.05) is 12.5 Å². The highest BCUT2D eigenvalue weighted by atomic mass is 16.1. The summed E-state index contributed by atoms with van der Waals surface area (Å²) in [6, 6.07) is 2.50. The molecule has 0 radical (unpaired) electrons. The summed E-state index contributed by atoms with van der Waals surface area (Å²) < 4.78 is 0. The summed E-state index contributed by atoms with van der Waals surface area (Å²) in [5.41, 5.74) is 0. The highest BCUT2D eigenvalue weighted by Gasteiger charge is 2.26. The molecule has 0 aromatic heterocycles. The van der Waals surface area contributed by atoms with Crippen molar-refractivity contribution in [3.05, 3.63) is 0 Å². The Labute approximate surface area is 85.7 Å². The monoisotopic (exact) mass is 194 g/mol. The van der Waals surface area contributed by atoms with Gasteiger partial charge in [-0.25, -0.2) is 0 Å². The Hall–Kier alpha value is -0.880. The molecule has 0 bridgehead atoms. The molecule has 0 aromatic carbocycles. The molecule has 3 heteroatoms. The van der Waals surface area contributed by atoms with E-state index in [2.05, 4.69) is 11.0 Å². The lowest BCUT2D eigenvalue weighted by atomic mass is 9.96. The number of hydrogen-bond donors (Lipinski definition) is 0. The molecule has 0 saturated carbocycles. The molecule has 1 heterocycles. The lowest BCUT2D eigenvalue weighted by Crippen LogP contribution is -2.45. The van der Waals surface area contributed by atoms with Crippen LogP contribution in [0.4, 0.5) is 0 Å². The normalized spacial score (nSPS) is 25.4. The van der Waals surface area contributed by atoms with Crippen molar-refractivity contribution in [3.63, 3.8) is 0 Å². The second-order valence-corrected chi connectivity index (χ2v) is 4.10. The number of carbonyl (C=O) groups is 1. The summed E-state index contributed by atoms with van der Waals surface area (Å²) in [5.74, 6) is 0.229. The summed E-state index contributed by atoms with van der Waals surface area (Å²) in [6.07, 6.45) is 4.00. The number of nitriles is 1. The topological polar surface area (TPSA) is 44.1 Å². The molecule has 0 N–H and O–H groups in total. The Balaban J connectivity index is 2.59. The lowest BCUT2D eigenvalue weighted by Gasteiger charge is -2.36. The third kappa shape index (κ3) is 2.81. The fraction of sp³-hybridized carbons (Fsp3) is 0.818. The Morgan fingerprint density at radius 3 is 2.93 bits per heavy atom. The molecule has 3 nitrogen and oxygen atoms in total. The van der Waals surface area contributed by atoms with Gasteiger partial charge in [0.05, 0.1) is 12.1 Å². The van der Waals surface area contributed by atoms with Gasteiger partial charge in [-0.3, -0.25) is 9.69 Å². The highest BCUT2D eigenvalue weighted by Crippen LogP contribution is 2.21. The molecule has 0 aliphatic carbocycles. The maximum absolute atomic E-state index is 11.1. The second-order valence-electron chi connectivity index (χ2n) is 4.10. The average molecular weight is 194 g/mol. The average Bonchev–Trinajstić information content (AvgIpc) is 2.16. The minimum atomic E-state index is -0.0559. The number of hydrogen-bond acceptors (Lipinski definition) is 3. The first-order chi connectivity index (χ1) is 6.65. The van der Waals surface area contributed by atoms with Crippen LogP contribution in [0.5, 0.6) is 0 Å². The summed E-state index contributed by atoms with van der Waals surface area (Å²) in [4.78, 5) is 13.2. The quantitative estimate of drug-likeness (QED) is 0.687. The Morgan fingerprint density at radius 2 is 2.36 bits per heavy atom. The molecule has 14 heavy (non-hydrogen) atoms. The predicted octanol–water partition coefficient (Wildman–Crippen LogP) is 1.73. The van der Waals surface area contributed by atoms with E-state index in [1.165, 1.54) is 6.42 Å². The summed E-state index contributed by atoms with van der Waals surface area (Å²) >= 11 is 0. The van der Waals surface area contributed by atoms with E-state index in [1.807, 2.05) is 6.92 Å². The van der Waals surface area contributed by atoms with Crippen molar-refractivity contribution in [1.29, 1.82) is 5.26 Å². The third-order valence-electron chi connectivity index (χ3n) is 2.88. The van der Waals surface area contributed by atoms with Crippen LogP contribution in [-0.4, -0.2) is 29.3 Å². The number of rotatable bonds is 3. The highest BCUT2D eigenvalue weighted by molar-refractivity contribution is 5.76. The number of likely N-dealkylation sites (tertiary alicyclic amines) is 1. The molecule has 2 unspecified atom stereocenters. The largest absolute Gasteiger partial charge is 0.300 e. The van der Waals surface area contributed by atoms with E-state index in [4.69, 9.17) is 5.26 Å². The van der Waals surface area contributed by atoms with Gasteiger partial charge in [0.1, 0.15) is 5.78 Å². The Bertz CT molecular complexity index is 244. The molecule has 78 valence electrons. The fourth-order valence-corrected chi connectivity index (χ4v) is 2.16. The Kier molecular flexibility index (Phi) is 4.09. The van der Waals surface area contributed by atoms with E-state index in [-0.39, 0.29) is 11.8 Å². The lowest BCUT2D eigenvalue weighted by molar-refractivity contribution is -0.118. The zero-order valence-electron chi connectivity index (χ0n) is 8.99. The minimum Gasteiger partial charge on any atom is -0.300 e. The number of carbonyl (C=O) groups excluding carboxylic acids is 1. The maximum atomic E-state index is 11.1. The SMILES string of the molecule is CC(=O)CC1CCCCN1C(C)C#N. The van der Waals surface area contributed by atoms with E-state index >= 15 is 0 Å². The van der Waals surface area contributed by atoms with Crippen LogP contribution in [0.15, 0.2) is 0 Å². The van der Waals surface area contributed by atoms with Gasteiger partial charge in [0.25, 0.3) is 0 Å². The first-order valence-electron chi connectivity index (χ1n) is 5.30. The fourth-order valence-electron chi connectivity index (χ4n) is 2.16. The molecule has 0 aromatic rings. The van der Waals surface area contributed by atoms with Gasteiger partial charge in [-0.1, -0.05) is 6.42 Å². The summed E-state index contributed by atoms with van der Waals surface area (Å²) in [7, 11) is 0. The van der Waals surface area contributed by atoms with Crippen molar-refractivity contribution in [2.45, 2.75) is 51.6 Å². The molecule has 1 aliphatic rings. The molecule has 0 amide bonds. The zero-order valence-corrected chi connectivity index (χ0v) is 8.99. The van der Waals surface area contributed by atoms with E-state index < -0.39 is 0 Å². The van der Waals surface area contributed by atoms with Crippen LogP contribution in [-0.2, 0) is 4.79 Å². The van der Waals surface area contributed by atoms with E-state index in [0.717, 1.165) is 19.4 Å². The smallest absolute Gasteiger partial charge is 0.131 e. The van der Waals surface area contributed by atoms with Gasteiger partial charge < -0.3 is 0 Å². The van der Waals surface area contributed by atoms with E-state index in [0.29, 0.717) is 12.5 Å². The van der Waals surface area contributed by atoms with Gasteiger partial charge in [0.15, 0.2) is 0 Å². The molecule has 1 aliphatic heterocycles. The summed E-state index contributed by atoms with van der Waals surface area (Å²) in [6.45, 7) is 4.51. The number of nitrogens with zero attached hydrogens (tertiary/aromatic N) is 2. The maximum Gasteiger partial charge on any atom is 0.131 e. The van der Waals surface area contributed by atoms with Crippen LogP contribution in [0.1, 0.15) is 39.5 Å². The molecule has 1 rings (SSSR count). The van der Waals surface area contributed by atoms with Gasteiger partial charge >= 0.3 is 0 Å². The van der Waals surface area contributed by atoms with Crippen molar-refractivity contribution in [3.8, 4) is 6.07 Å². The van der Waals surface area contributed by atoms with Crippen LogP contribution >= 0.6 is 0 Å². The molecule has 0 spiro atoms. The van der Waals surface area contributed by atoms with Gasteiger partial charge in [-0.2, -0.15) is 5.26 Å². The van der Waals surface area contributed by atoms with Crippen molar-refractivity contribution in [2.24, 2.45) is 0 Å². The van der Waals surface area contributed by atoms with Gasteiger partial charge in [-0.15, -0.1) is 0 Å². The number of ketones is 1. The van der Waals surface area contributed by atoms with Crippen LogP contribution < -0.4 is 0 Å². The molecule has 2 atom stereocenters. The van der Waals surface area contributed by atoms with Crippen molar-refractivity contribution < 1.29 is 4.79 Å². The number of Topliss-reactive ketones (excluding diaryl/α,β-unsaturated/α-hetero) is 1.